The van der Waals surface area contributed by atoms with Crippen molar-refractivity contribution in [1.29, 1.82) is 0 Å². The topological polar surface area (TPSA) is 20.3 Å². The van der Waals surface area contributed by atoms with Crippen LogP contribution in [0, 0.1) is 6.08 Å². The number of nitrogens with zero attached hydrogens (tertiary/aromatic N) is 1. The zero-order chi connectivity index (χ0) is 5.98. The molecule has 1 radical (unpaired) electrons. The minimum absolute atomic E-state index is 0.0660. The molecule has 0 aliphatic carbocycles. The maximum atomic E-state index is 10.6. The molecule has 0 aromatic rings. The number of carbonyl (C=O) groups excluding carboxylic acids is 1. The largest absolute Gasteiger partial charge is 0.342 e. The highest BCUT2D eigenvalue weighted by atomic mass is 16.2. The Bertz CT molecular complexity index is 128. The van der Waals surface area contributed by atoms with E-state index >= 15 is 0 Å². The average molecular weight is 110 g/mol. The molecule has 0 spiro atoms. The highest BCUT2D eigenvalue weighted by molar-refractivity contribution is 5.87. The fraction of sp³-hybridized carbons (Fsp3) is 0.500. The first-order valence-corrected chi connectivity index (χ1v) is 2.62. The van der Waals surface area contributed by atoms with Crippen LogP contribution in [-0.2, 0) is 4.79 Å². The van der Waals surface area contributed by atoms with Crippen LogP contribution in [0.15, 0.2) is 6.08 Å². The Morgan fingerprint density at radius 2 is 2.62 bits per heavy atom. The van der Waals surface area contributed by atoms with Gasteiger partial charge in [-0.1, -0.05) is 0 Å². The van der Waals surface area contributed by atoms with Crippen LogP contribution < -0.4 is 0 Å². The van der Waals surface area contributed by atoms with E-state index in [9.17, 15) is 4.79 Å². The summed E-state index contributed by atoms with van der Waals surface area (Å²) >= 11 is 0. The third-order valence-electron chi connectivity index (χ3n) is 1.19. The molecule has 0 unspecified atom stereocenters. The molecule has 1 aliphatic rings. The summed E-state index contributed by atoms with van der Waals surface area (Å²) in [6.45, 7) is 0.815. The van der Waals surface area contributed by atoms with Gasteiger partial charge >= 0.3 is 0 Å². The minimum atomic E-state index is 0.0660. The number of carbonyl (C=O) groups is 1. The van der Waals surface area contributed by atoms with E-state index in [1.807, 2.05) is 0 Å². The summed E-state index contributed by atoms with van der Waals surface area (Å²) < 4.78 is 0. The molecular weight excluding hydrogens is 102 g/mol. The number of hydrogen-bond acceptors (Lipinski definition) is 1. The van der Waals surface area contributed by atoms with Crippen molar-refractivity contribution in [1.82, 2.24) is 4.90 Å². The standard InChI is InChI=1S/C6H8NO/c1-7-5-3-2-4-6(7)8/h4H,3,5H2,1H3. The minimum Gasteiger partial charge on any atom is -0.342 e. The van der Waals surface area contributed by atoms with Gasteiger partial charge in [0.1, 0.15) is 0 Å². The van der Waals surface area contributed by atoms with Crippen molar-refractivity contribution < 1.29 is 4.79 Å². The first-order valence-electron chi connectivity index (χ1n) is 2.62. The van der Waals surface area contributed by atoms with Crippen LogP contribution in [0.1, 0.15) is 6.42 Å². The second-order valence-corrected chi connectivity index (χ2v) is 1.86. The van der Waals surface area contributed by atoms with E-state index in [4.69, 9.17) is 0 Å². The monoisotopic (exact) mass is 110 g/mol. The highest BCUT2D eigenvalue weighted by Gasteiger charge is 2.06. The molecule has 43 valence electrons. The summed E-state index contributed by atoms with van der Waals surface area (Å²) in [5.74, 6) is 0.0660. The first kappa shape index (κ1) is 5.35. The van der Waals surface area contributed by atoms with Gasteiger partial charge < -0.3 is 4.90 Å². The van der Waals surface area contributed by atoms with Crippen LogP contribution in [0.25, 0.3) is 0 Å². The predicted molar refractivity (Wildman–Crippen MR) is 30.1 cm³/mol. The summed E-state index contributed by atoms with van der Waals surface area (Å²) in [6, 6.07) is 0. The van der Waals surface area contributed by atoms with Gasteiger partial charge in [-0.2, -0.15) is 0 Å². The van der Waals surface area contributed by atoms with Crippen molar-refractivity contribution >= 4 is 5.91 Å². The summed E-state index contributed by atoms with van der Waals surface area (Å²) in [5.41, 5.74) is 0. The molecule has 0 saturated heterocycles. The van der Waals surface area contributed by atoms with Gasteiger partial charge in [0.15, 0.2) is 0 Å². The molecule has 1 aliphatic heterocycles. The van der Waals surface area contributed by atoms with E-state index in [-0.39, 0.29) is 5.91 Å². The zero-order valence-corrected chi connectivity index (χ0v) is 4.85. The van der Waals surface area contributed by atoms with Crippen LogP contribution in [0.5, 0.6) is 0 Å². The van der Waals surface area contributed by atoms with Gasteiger partial charge in [-0.25, -0.2) is 0 Å². The Labute approximate surface area is 48.8 Å². The average Bonchev–Trinajstić information content (AvgIpc) is 1.77. The third kappa shape index (κ3) is 0.886. The lowest BCUT2D eigenvalue weighted by atomic mass is 10.3. The second-order valence-electron chi connectivity index (χ2n) is 1.86. The molecule has 2 heteroatoms. The Morgan fingerprint density at radius 1 is 1.88 bits per heavy atom. The van der Waals surface area contributed by atoms with E-state index in [0.29, 0.717) is 0 Å². The first-order chi connectivity index (χ1) is 3.80. The maximum absolute atomic E-state index is 10.6. The van der Waals surface area contributed by atoms with Crippen molar-refractivity contribution in [2.24, 2.45) is 0 Å². The number of hydrogen-bond donors (Lipinski definition) is 0. The molecule has 1 amide bonds. The molecule has 1 rings (SSSR count). The molecule has 0 aromatic heterocycles. The molecule has 0 atom stereocenters. The second kappa shape index (κ2) is 1.99. The highest BCUT2D eigenvalue weighted by Crippen LogP contribution is 1.96. The van der Waals surface area contributed by atoms with Crippen molar-refractivity contribution in [2.45, 2.75) is 6.42 Å². The summed E-state index contributed by atoms with van der Waals surface area (Å²) in [6.07, 6.45) is 5.22. The van der Waals surface area contributed by atoms with E-state index in [2.05, 4.69) is 6.08 Å². The van der Waals surface area contributed by atoms with Crippen LogP contribution in [0.3, 0.4) is 0 Å². The predicted octanol–water partition coefficient (Wildman–Crippen LogP) is 0.208. The number of amides is 1. The Balaban J connectivity index is 2.60. The van der Waals surface area contributed by atoms with E-state index in [0.717, 1.165) is 13.0 Å². The fourth-order valence-electron chi connectivity index (χ4n) is 0.612. The molecule has 0 bridgehead atoms. The van der Waals surface area contributed by atoms with Gasteiger partial charge in [-0.15, -0.1) is 0 Å². The molecule has 2 nitrogen and oxygen atoms in total. The van der Waals surface area contributed by atoms with Crippen molar-refractivity contribution in [3.8, 4) is 0 Å². The van der Waals surface area contributed by atoms with Crippen LogP contribution in [0.4, 0.5) is 0 Å². The van der Waals surface area contributed by atoms with Crippen molar-refractivity contribution in [2.75, 3.05) is 13.6 Å². The molecule has 0 N–H and O–H groups in total. The van der Waals surface area contributed by atoms with Crippen molar-refractivity contribution in [3.05, 3.63) is 12.2 Å². The molecule has 0 aromatic carbocycles. The summed E-state index contributed by atoms with van der Waals surface area (Å²) in [4.78, 5) is 12.3. The zero-order valence-electron chi connectivity index (χ0n) is 4.85. The van der Waals surface area contributed by atoms with Crippen LogP contribution in [-0.4, -0.2) is 24.4 Å². The lowest BCUT2D eigenvalue weighted by molar-refractivity contribution is -0.125. The smallest absolute Gasteiger partial charge is 0.246 e. The molecule has 1 heterocycles. The lowest BCUT2D eigenvalue weighted by Gasteiger charge is -2.16. The van der Waals surface area contributed by atoms with E-state index in [1.165, 1.54) is 6.08 Å². The van der Waals surface area contributed by atoms with Gasteiger partial charge in [0.2, 0.25) is 5.91 Å². The molecule has 0 fully saturated rings. The molecular formula is C6H8NO. The summed E-state index contributed by atoms with van der Waals surface area (Å²) in [5, 5.41) is 0. The third-order valence-corrected chi connectivity index (χ3v) is 1.19. The Kier molecular flexibility index (Phi) is 1.33. The van der Waals surface area contributed by atoms with Crippen molar-refractivity contribution in [3.63, 3.8) is 0 Å². The van der Waals surface area contributed by atoms with Gasteiger partial charge in [-0.3, -0.25) is 4.79 Å². The maximum Gasteiger partial charge on any atom is 0.246 e. The van der Waals surface area contributed by atoms with Gasteiger partial charge in [0.25, 0.3) is 0 Å². The lowest BCUT2D eigenvalue weighted by Crippen LogP contribution is -2.28. The van der Waals surface area contributed by atoms with Crippen LogP contribution >= 0.6 is 0 Å². The van der Waals surface area contributed by atoms with Gasteiger partial charge in [-0.05, 0) is 12.5 Å². The fourth-order valence-corrected chi connectivity index (χ4v) is 0.612. The van der Waals surface area contributed by atoms with E-state index < -0.39 is 0 Å². The molecule has 0 saturated carbocycles. The number of likely N-dealkylation sites (N-methyl/N-ethyl adjacent to an activating group) is 1. The number of rotatable bonds is 0. The van der Waals surface area contributed by atoms with E-state index in [1.54, 1.807) is 11.9 Å². The molecule has 8 heavy (non-hydrogen) atoms. The van der Waals surface area contributed by atoms with Gasteiger partial charge in [0.05, 0.1) is 0 Å². The van der Waals surface area contributed by atoms with Gasteiger partial charge in [0, 0.05) is 19.7 Å². The normalized spacial score (nSPS) is 19.6. The Hall–Kier alpha value is -0.790. The van der Waals surface area contributed by atoms with Crippen LogP contribution in [0.2, 0.25) is 0 Å². The summed E-state index contributed by atoms with van der Waals surface area (Å²) in [7, 11) is 1.79. The Morgan fingerprint density at radius 3 is 3.00 bits per heavy atom. The quantitative estimate of drug-likeness (QED) is 0.436. The SMILES string of the molecule is CN1CC[C]=CC1=O.